The highest BCUT2D eigenvalue weighted by Gasteiger charge is 2.26. The highest BCUT2D eigenvalue weighted by Crippen LogP contribution is 2.22. The van der Waals surface area contributed by atoms with E-state index < -0.39 is 0 Å². The molecule has 2 aromatic rings. The van der Waals surface area contributed by atoms with Gasteiger partial charge in [0.2, 0.25) is 11.8 Å². The number of halogens is 1. The summed E-state index contributed by atoms with van der Waals surface area (Å²) < 4.78 is 0.909. The smallest absolute Gasteiger partial charge is 0.226 e. The Balaban J connectivity index is 1.45. The standard InChI is InChI=1S/C20H24BrN5O2/c1-14-4-5-16(21)11-17(14)25-19(27)6-7-24-20(28)15-3-2-10-26(13-15)18-12-22-8-9-23-18/h4-5,8-9,11-12,15H,2-3,6-7,10,13H2,1H3,(H,24,28)(H,25,27). The van der Waals surface area contributed by atoms with Gasteiger partial charge in [-0.1, -0.05) is 22.0 Å². The largest absolute Gasteiger partial charge is 0.355 e. The van der Waals surface area contributed by atoms with Crippen LogP contribution < -0.4 is 15.5 Å². The molecule has 1 unspecified atom stereocenters. The second-order valence-corrected chi connectivity index (χ2v) is 7.81. The molecule has 8 heteroatoms. The van der Waals surface area contributed by atoms with E-state index in [0.29, 0.717) is 13.1 Å². The third-order valence-electron chi connectivity index (χ3n) is 4.79. The highest BCUT2D eigenvalue weighted by atomic mass is 79.9. The maximum atomic E-state index is 12.5. The van der Waals surface area contributed by atoms with Crippen LogP contribution in [0.4, 0.5) is 11.5 Å². The maximum Gasteiger partial charge on any atom is 0.226 e. The third kappa shape index (κ3) is 5.51. The monoisotopic (exact) mass is 445 g/mol. The molecule has 1 aromatic heterocycles. The zero-order valence-corrected chi connectivity index (χ0v) is 17.4. The number of hydrogen-bond acceptors (Lipinski definition) is 5. The molecule has 1 saturated heterocycles. The van der Waals surface area contributed by atoms with Crippen molar-refractivity contribution in [3.05, 3.63) is 46.8 Å². The van der Waals surface area contributed by atoms with Gasteiger partial charge in [-0.25, -0.2) is 4.98 Å². The fourth-order valence-corrected chi connectivity index (χ4v) is 3.60. The molecule has 1 aromatic carbocycles. The van der Waals surface area contributed by atoms with E-state index >= 15 is 0 Å². The minimum absolute atomic E-state index is 0.0139. The maximum absolute atomic E-state index is 12.5. The van der Waals surface area contributed by atoms with Gasteiger partial charge in [0.25, 0.3) is 0 Å². The van der Waals surface area contributed by atoms with Crippen molar-refractivity contribution < 1.29 is 9.59 Å². The minimum atomic E-state index is -0.119. The van der Waals surface area contributed by atoms with E-state index in [1.807, 2.05) is 25.1 Å². The van der Waals surface area contributed by atoms with Crippen LogP contribution in [0.15, 0.2) is 41.3 Å². The normalized spacial score (nSPS) is 16.5. The number of aromatic nitrogens is 2. The van der Waals surface area contributed by atoms with Crippen LogP contribution in [0.1, 0.15) is 24.8 Å². The molecule has 2 N–H and O–H groups in total. The molecule has 0 spiro atoms. The Bertz CT molecular complexity index is 831. The molecule has 28 heavy (non-hydrogen) atoms. The van der Waals surface area contributed by atoms with Crippen molar-refractivity contribution >= 4 is 39.2 Å². The second-order valence-electron chi connectivity index (χ2n) is 6.90. The summed E-state index contributed by atoms with van der Waals surface area (Å²) >= 11 is 3.40. The quantitative estimate of drug-likeness (QED) is 0.713. The Kier molecular flexibility index (Phi) is 6.97. The molecule has 0 aliphatic carbocycles. The number of aryl methyl sites for hydroxylation is 1. The summed E-state index contributed by atoms with van der Waals surface area (Å²) in [4.78, 5) is 35.2. The number of amides is 2. The van der Waals surface area contributed by atoms with Crippen LogP contribution in [0.25, 0.3) is 0 Å². The van der Waals surface area contributed by atoms with Gasteiger partial charge in [0.15, 0.2) is 0 Å². The summed E-state index contributed by atoms with van der Waals surface area (Å²) in [5, 5.41) is 5.78. The number of anilines is 2. The number of nitrogens with zero attached hydrogens (tertiary/aromatic N) is 3. The lowest BCUT2D eigenvalue weighted by Gasteiger charge is -2.32. The van der Waals surface area contributed by atoms with Crippen LogP contribution in [0, 0.1) is 12.8 Å². The molecule has 1 aliphatic rings. The number of piperidine rings is 1. The summed E-state index contributed by atoms with van der Waals surface area (Å²) in [5.74, 6) is 0.557. The van der Waals surface area contributed by atoms with E-state index in [1.54, 1.807) is 18.6 Å². The molecule has 0 radical (unpaired) electrons. The van der Waals surface area contributed by atoms with Gasteiger partial charge < -0.3 is 15.5 Å². The molecule has 0 bridgehead atoms. The molecule has 1 atom stereocenters. The van der Waals surface area contributed by atoms with Crippen molar-refractivity contribution in [2.45, 2.75) is 26.2 Å². The van der Waals surface area contributed by atoms with Gasteiger partial charge in [0.05, 0.1) is 12.1 Å². The minimum Gasteiger partial charge on any atom is -0.355 e. The molecule has 148 valence electrons. The average molecular weight is 446 g/mol. The Morgan fingerprint density at radius 3 is 2.96 bits per heavy atom. The van der Waals surface area contributed by atoms with Crippen molar-refractivity contribution in [3.8, 4) is 0 Å². The molecule has 0 saturated carbocycles. The lowest BCUT2D eigenvalue weighted by Crippen LogP contribution is -2.44. The highest BCUT2D eigenvalue weighted by molar-refractivity contribution is 9.10. The summed E-state index contributed by atoms with van der Waals surface area (Å²) in [5.41, 5.74) is 1.77. The molecular weight excluding hydrogens is 422 g/mol. The van der Waals surface area contributed by atoms with Crippen LogP contribution in [0.5, 0.6) is 0 Å². The van der Waals surface area contributed by atoms with E-state index in [4.69, 9.17) is 0 Å². The van der Waals surface area contributed by atoms with Crippen molar-refractivity contribution in [2.24, 2.45) is 5.92 Å². The molecule has 2 heterocycles. The number of carbonyl (C=O) groups is 2. The van der Waals surface area contributed by atoms with Gasteiger partial charge in [0.1, 0.15) is 5.82 Å². The number of rotatable bonds is 6. The van der Waals surface area contributed by atoms with Gasteiger partial charge in [-0.2, -0.15) is 0 Å². The number of nitrogens with one attached hydrogen (secondary N) is 2. The Morgan fingerprint density at radius 1 is 1.32 bits per heavy atom. The zero-order valence-electron chi connectivity index (χ0n) is 15.8. The first-order chi connectivity index (χ1) is 13.5. The van der Waals surface area contributed by atoms with Crippen molar-refractivity contribution in [1.82, 2.24) is 15.3 Å². The van der Waals surface area contributed by atoms with Crippen LogP contribution in [-0.4, -0.2) is 41.4 Å². The van der Waals surface area contributed by atoms with Crippen molar-refractivity contribution in [1.29, 1.82) is 0 Å². The van der Waals surface area contributed by atoms with Crippen LogP contribution in [-0.2, 0) is 9.59 Å². The molecule has 7 nitrogen and oxygen atoms in total. The first-order valence-electron chi connectivity index (χ1n) is 9.37. The fourth-order valence-electron chi connectivity index (χ4n) is 3.24. The van der Waals surface area contributed by atoms with Gasteiger partial charge in [0, 0.05) is 48.6 Å². The molecule has 1 aliphatic heterocycles. The molecular formula is C20H24BrN5O2. The summed E-state index contributed by atoms with van der Waals surface area (Å²) in [6.07, 6.45) is 7.01. The van der Waals surface area contributed by atoms with E-state index in [2.05, 4.69) is 41.4 Å². The molecule has 2 amide bonds. The predicted octanol–water partition coefficient (Wildman–Crippen LogP) is 2.91. The van der Waals surface area contributed by atoms with E-state index in [9.17, 15) is 9.59 Å². The van der Waals surface area contributed by atoms with E-state index in [1.165, 1.54) is 0 Å². The van der Waals surface area contributed by atoms with E-state index in [0.717, 1.165) is 40.9 Å². The Labute approximate surface area is 173 Å². The topological polar surface area (TPSA) is 87.2 Å². The van der Waals surface area contributed by atoms with Crippen LogP contribution >= 0.6 is 15.9 Å². The van der Waals surface area contributed by atoms with Gasteiger partial charge in [-0.15, -0.1) is 0 Å². The third-order valence-corrected chi connectivity index (χ3v) is 5.28. The Hall–Kier alpha value is -2.48. The lowest BCUT2D eigenvalue weighted by molar-refractivity contribution is -0.125. The lowest BCUT2D eigenvalue weighted by atomic mass is 9.97. The summed E-state index contributed by atoms with van der Waals surface area (Å²) in [6, 6.07) is 5.74. The summed E-state index contributed by atoms with van der Waals surface area (Å²) in [7, 11) is 0. The van der Waals surface area contributed by atoms with E-state index in [-0.39, 0.29) is 24.2 Å². The fraction of sp³-hybridized carbons (Fsp3) is 0.400. The SMILES string of the molecule is Cc1ccc(Br)cc1NC(=O)CCNC(=O)C1CCCN(c2cnccn2)C1. The number of hydrogen-bond donors (Lipinski definition) is 2. The molecule has 3 rings (SSSR count). The predicted molar refractivity (Wildman–Crippen MR) is 112 cm³/mol. The first kappa shape index (κ1) is 20.3. The second kappa shape index (κ2) is 9.64. The van der Waals surface area contributed by atoms with Crippen molar-refractivity contribution in [2.75, 3.05) is 29.9 Å². The number of benzene rings is 1. The van der Waals surface area contributed by atoms with Gasteiger partial charge in [-0.05, 0) is 37.5 Å². The van der Waals surface area contributed by atoms with Gasteiger partial charge >= 0.3 is 0 Å². The van der Waals surface area contributed by atoms with Crippen LogP contribution in [0.3, 0.4) is 0 Å². The van der Waals surface area contributed by atoms with Gasteiger partial charge in [-0.3, -0.25) is 14.6 Å². The average Bonchev–Trinajstić information content (AvgIpc) is 2.71. The summed E-state index contributed by atoms with van der Waals surface area (Å²) in [6.45, 7) is 3.75. The molecule has 1 fully saturated rings. The van der Waals surface area contributed by atoms with Crippen LogP contribution in [0.2, 0.25) is 0 Å². The first-order valence-corrected chi connectivity index (χ1v) is 10.2. The number of carbonyl (C=O) groups excluding carboxylic acids is 2. The van der Waals surface area contributed by atoms with Crippen molar-refractivity contribution in [3.63, 3.8) is 0 Å². The zero-order chi connectivity index (χ0) is 19.9. The Morgan fingerprint density at radius 2 is 2.18 bits per heavy atom.